The number of amides is 1. The summed E-state index contributed by atoms with van der Waals surface area (Å²) < 4.78 is 39.7. The molecule has 0 aliphatic heterocycles. The summed E-state index contributed by atoms with van der Waals surface area (Å²) in [5, 5.41) is 13.1. The van der Waals surface area contributed by atoms with E-state index in [1.807, 2.05) is 36.4 Å². The number of alkyl halides is 3. The van der Waals surface area contributed by atoms with Crippen molar-refractivity contribution in [3.05, 3.63) is 65.4 Å². The summed E-state index contributed by atoms with van der Waals surface area (Å²) in [5.41, 5.74) is -0.911. The van der Waals surface area contributed by atoms with Crippen LogP contribution in [0.3, 0.4) is 0 Å². The molecule has 0 saturated heterocycles. The Morgan fingerprint density at radius 1 is 1.17 bits per heavy atom. The Morgan fingerprint density at radius 2 is 1.86 bits per heavy atom. The lowest BCUT2D eigenvalue weighted by Crippen LogP contribution is -2.23. The van der Waals surface area contributed by atoms with Crippen molar-refractivity contribution in [2.75, 3.05) is 5.32 Å². The fourth-order valence-electron chi connectivity index (χ4n) is 2.79. The highest BCUT2D eigenvalue weighted by Crippen LogP contribution is 2.37. The van der Waals surface area contributed by atoms with Crippen LogP contribution in [0.1, 0.15) is 23.7 Å². The number of aromatic nitrogens is 1. The molecule has 0 aliphatic carbocycles. The number of nitrogens with zero attached hydrogens (tertiary/aromatic N) is 2. The third kappa shape index (κ3) is 4.69. The van der Waals surface area contributed by atoms with Gasteiger partial charge in [-0.2, -0.15) is 18.4 Å². The van der Waals surface area contributed by atoms with Crippen molar-refractivity contribution in [3.63, 3.8) is 0 Å². The van der Waals surface area contributed by atoms with E-state index in [-0.39, 0.29) is 10.7 Å². The molecule has 1 unspecified atom stereocenters. The summed E-state index contributed by atoms with van der Waals surface area (Å²) in [6.07, 6.45) is -4.68. The van der Waals surface area contributed by atoms with Crippen LogP contribution >= 0.6 is 11.8 Å². The van der Waals surface area contributed by atoms with Gasteiger partial charge in [0.05, 0.1) is 16.4 Å². The second kappa shape index (κ2) is 8.13. The molecule has 0 aliphatic rings. The molecule has 1 heterocycles. The van der Waals surface area contributed by atoms with Crippen molar-refractivity contribution in [2.45, 2.75) is 30.3 Å². The molecule has 29 heavy (non-hydrogen) atoms. The summed E-state index contributed by atoms with van der Waals surface area (Å²) in [7, 11) is 0. The van der Waals surface area contributed by atoms with Crippen LogP contribution in [0.2, 0.25) is 0 Å². The predicted octanol–water partition coefficient (Wildman–Crippen LogP) is 5.55. The van der Waals surface area contributed by atoms with E-state index in [0.717, 1.165) is 28.6 Å². The van der Waals surface area contributed by atoms with Gasteiger partial charge in [0, 0.05) is 11.4 Å². The van der Waals surface area contributed by atoms with E-state index in [1.165, 1.54) is 6.92 Å². The summed E-state index contributed by atoms with van der Waals surface area (Å²) in [5.74, 6) is -0.397. The van der Waals surface area contributed by atoms with Crippen LogP contribution in [0.25, 0.3) is 10.8 Å². The molecule has 3 rings (SSSR count). The summed E-state index contributed by atoms with van der Waals surface area (Å²) in [4.78, 5) is 16.6. The molecule has 2 aromatic carbocycles. The van der Waals surface area contributed by atoms with Crippen molar-refractivity contribution in [1.82, 2.24) is 4.98 Å². The smallest absolute Gasteiger partial charge is 0.325 e. The lowest BCUT2D eigenvalue weighted by Gasteiger charge is -2.16. The van der Waals surface area contributed by atoms with Gasteiger partial charge in [0.15, 0.2) is 0 Å². The largest absolute Gasteiger partial charge is 0.417 e. The van der Waals surface area contributed by atoms with Gasteiger partial charge in [0.1, 0.15) is 11.1 Å². The first-order valence-corrected chi connectivity index (χ1v) is 9.52. The van der Waals surface area contributed by atoms with E-state index in [1.54, 1.807) is 19.1 Å². The lowest BCUT2D eigenvalue weighted by molar-refractivity contribution is -0.138. The third-order valence-corrected chi connectivity index (χ3v) is 5.29. The number of nitriles is 1. The van der Waals surface area contributed by atoms with E-state index in [0.29, 0.717) is 5.69 Å². The molecule has 0 spiro atoms. The van der Waals surface area contributed by atoms with Gasteiger partial charge < -0.3 is 5.32 Å². The molecule has 1 aromatic heterocycles. The Morgan fingerprint density at radius 3 is 2.52 bits per heavy atom. The van der Waals surface area contributed by atoms with Crippen LogP contribution in [-0.4, -0.2) is 16.1 Å². The number of rotatable bonds is 4. The molecule has 0 radical (unpaired) electrons. The van der Waals surface area contributed by atoms with Crippen molar-refractivity contribution < 1.29 is 18.0 Å². The molecule has 8 heteroatoms. The van der Waals surface area contributed by atoms with Crippen LogP contribution in [0, 0.1) is 18.3 Å². The number of anilines is 1. The zero-order chi connectivity index (χ0) is 21.2. The quantitative estimate of drug-likeness (QED) is 0.567. The average molecular weight is 415 g/mol. The van der Waals surface area contributed by atoms with Crippen LogP contribution < -0.4 is 5.32 Å². The Labute approximate surface area is 169 Å². The first kappa shape index (κ1) is 20.7. The molecule has 3 aromatic rings. The molecule has 0 bridgehead atoms. The molecule has 0 fully saturated rings. The first-order chi connectivity index (χ1) is 13.7. The summed E-state index contributed by atoms with van der Waals surface area (Å²) in [6.45, 7) is 2.97. The molecular formula is C21H16F3N3OS. The number of hydrogen-bond donors (Lipinski definition) is 1. The number of benzene rings is 2. The van der Waals surface area contributed by atoms with Crippen molar-refractivity contribution in [2.24, 2.45) is 0 Å². The minimum Gasteiger partial charge on any atom is -0.325 e. The Hall–Kier alpha value is -3.05. The second-order valence-corrected chi connectivity index (χ2v) is 7.74. The van der Waals surface area contributed by atoms with Crippen LogP contribution in [0.15, 0.2) is 53.6 Å². The zero-order valence-electron chi connectivity index (χ0n) is 15.5. The number of carbonyl (C=O) groups excluding carboxylic acids is 1. The number of aryl methyl sites for hydroxylation is 1. The highest BCUT2D eigenvalue weighted by atomic mass is 32.2. The van der Waals surface area contributed by atoms with Crippen molar-refractivity contribution in [3.8, 4) is 6.07 Å². The van der Waals surface area contributed by atoms with Crippen LogP contribution in [0.4, 0.5) is 18.9 Å². The highest BCUT2D eigenvalue weighted by molar-refractivity contribution is 8.00. The number of hydrogen-bond acceptors (Lipinski definition) is 4. The molecule has 1 N–H and O–H groups in total. The van der Waals surface area contributed by atoms with Gasteiger partial charge >= 0.3 is 6.18 Å². The minimum atomic E-state index is -4.68. The predicted molar refractivity (Wildman–Crippen MR) is 107 cm³/mol. The number of pyridine rings is 1. The molecular weight excluding hydrogens is 399 g/mol. The van der Waals surface area contributed by atoms with Gasteiger partial charge in [-0.3, -0.25) is 4.79 Å². The summed E-state index contributed by atoms with van der Waals surface area (Å²) in [6, 6.07) is 15.5. The molecule has 4 nitrogen and oxygen atoms in total. The van der Waals surface area contributed by atoms with E-state index in [9.17, 15) is 23.2 Å². The highest BCUT2D eigenvalue weighted by Gasteiger charge is 2.36. The Bertz CT molecular complexity index is 1120. The topological polar surface area (TPSA) is 65.8 Å². The normalized spacial score (nSPS) is 12.4. The number of fused-ring (bicyclic) bond motifs is 1. The maximum absolute atomic E-state index is 13.2. The SMILES string of the molecule is Cc1cc(C(F)(F)F)c(C#N)c(SC(C)C(=O)Nc2ccc3ccccc3c2)n1. The zero-order valence-corrected chi connectivity index (χ0v) is 16.4. The third-order valence-electron chi connectivity index (χ3n) is 4.21. The minimum absolute atomic E-state index is 0.110. The van der Waals surface area contributed by atoms with Gasteiger partial charge in [-0.1, -0.05) is 42.1 Å². The maximum Gasteiger partial charge on any atom is 0.417 e. The Balaban J connectivity index is 1.82. The number of nitrogens with one attached hydrogen (secondary N) is 1. The lowest BCUT2D eigenvalue weighted by atomic mass is 10.1. The number of thioether (sulfide) groups is 1. The monoisotopic (exact) mass is 415 g/mol. The number of halogens is 3. The van der Waals surface area contributed by atoms with Gasteiger partial charge in [0.2, 0.25) is 5.91 Å². The fraction of sp³-hybridized carbons (Fsp3) is 0.190. The van der Waals surface area contributed by atoms with E-state index in [4.69, 9.17) is 0 Å². The van der Waals surface area contributed by atoms with E-state index < -0.39 is 28.5 Å². The second-order valence-electron chi connectivity index (χ2n) is 6.41. The first-order valence-electron chi connectivity index (χ1n) is 8.64. The summed E-state index contributed by atoms with van der Waals surface area (Å²) >= 11 is 0.825. The van der Waals surface area contributed by atoms with Gasteiger partial charge in [0.25, 0.3) is 0 Å². The van der Waals surface area contributed by atoms with Crippen LogP contribution in [-0.2, 0) is 11.0 Å². The molecule has 1 amide bonds. The number of carbonyl (C=O) groups is 1. The standard InChI is InChI=1S/C21H16F3N3OS/c1-12-9-18(21(22,23)24)17(11-25)20(26-12)29-13(2)19(28)27-16-8-7-14-5-3-4-6-15(14)10-16/h3-10,13H,1-2H3,(H,27,28). The molecule has 148 valence electrons. The fourth-order valence-corrected chi connectivity index (χ4v) is 3.76. The van der Waals surface area contributed by atoms with Gasteiger partial charge in [-0.05, 0) is 42.8 Å². The molecule has 0 saturated carbocycles. The molecule has 1 atom stereocenters. The van der Waals surface area contributed by atoms with Crippen molar-refractivity contribution in [1.29, 1.82) is 5.26 Å². The van der Waals surface area contributed by atoms with Gasteiger partial charge in [-0.25, -0.2) is 4.98 Å². The van der Waals surface area contributed by atoms with Crippen LogP contribution in [0.5, 0.6) is 0 Å². The van der Waals surface area contributed by atoms with E-state index >= 15 is 0 Å². The Kier molecular flexibility index (Phi) is 5.80. The van der Waals surface area contributed by atoms with Crippen molar-refractivity contribution >= 4 is 34.1 Å². The average Bonchev–Trinajstić information content (AvgIpc) is 2.66. The maximum atomic E-state index is 13.2. The van der Waals surface area contributed by atoms with E-state index in [2.05, 4.69) is 10.3 Å². The van der Waals surface area contributed by atoms with Gasteiger partial charge in [-0.15, -0.1) is 0 Å².